The van der Waals surface area contributed by atoms with Crippen molar-refractivity contribution < 1.29 is 13.2 Å². The van der Waals surface area contributed by atoms with Gasteiger partial charge in [-0.05, 0) is 25.0 Å². The van der Waals surface area contributed by atoms with Gasteiger partial charge in [-0.3, -0.25) is 9.40 Å². The maximum absolute atomic E-state index is 12.1. The van der Waals surface area contributed by atoms with E-state index < -0.39 is 10.0 Å². The lowest BCUT2D eigenvalue weighted by molar-refractivity contribution is 0.184. The number of aromatic nitrogens is 2. The first-order valence-electron chi connectivity index (χ1n) is 7.41. The van der Waals surface area contributed by atoms with Gasteiger partial charge in [0.15, 0.2) is 0 Å². The van der Waals surface area contributed by atoms with Crippen LogP contribution in [0.3, 0.4) is 0 Å². The molecular weight excluding hydrogens is 314 g/mol. The Morgan fingerprint density at radius 3 is 2.83 bits per heavy atom. The first-order chi connectivity index (χ1) is 11.0. The van der Waals surface area contributed by atoms with E-state index in [4.69, 9.17) is 4.74 Å². The predicted molar refractivity (Wildman–Crippen MR) is 89.5 cm³/mol. The zero-order valence-corrected chi connectivity index (χ0v) is 13.7. The molecule has 23 heavy (non-hydrogen) atoms. The number of nitrogens with one attached hydrogen (secondary N) is 1. The van der Waals surface area contributed by atoms with Crippen LogP contribution in [0.15, 0.2) is 42.1 Å². The van der Waals surface area contributed by atoms with E-state index in [-0.39, 0.29) is 6.04 Å². The second-order valence-electron chi connectivity index (χ2n) is 5.59. The van der Waals surface area contributed by atoms with Crippen molar-refractivity contribution in [1.82, 2.24) is 9.78 Å². The summed E-state index contributed by atoms with van der Waals surface area (Å²) in [4.78, 5) is 0. The van der Waals surface area contributed by atoms with Gasteiger partial charge in [-0.1, -0.05) is 29.8 Å². The molecule has 1 aromatic carbocycles. The smallest absolute Gasteiger partial charge is 0.255 e. The van der Waals surface area contributed by atoms with Gasteiger partial charge >= 0.3 is 0 Å². The standard InChI is InChI=1S/C16H19N3O3S/c1-13-2-4-14(5-3-13)7-9-23(20,21)18-15-10-17-19(11-15)16-6-8-22-12-16/h2-5,7,9-11,16,18H,6,8,12H2,1H3/b9-7+/t16-/m1/s1. The maximum atomic E-state index is 12.1. The van der Waals surface area contributed by atoms with Crippen LogP contribution in [0, 0.1) is 6.92 Å². The topological polar surface area (TPSA) is 73.2 Å². The lowest BCUT2D eigenvalue weighted by Crippen LogP contribution is -2.10. The minimum absolute atomic E-state index is 0.177. The van der Waals surface area contributed by atoms with E-state index in [1.54, 1.807) is 17.0 Å². The number of sulfonamides is 1. The Morgan fingerprint density at radius 1 is 1.35 bits per heavy atom. The van der Waals surface area contributed by atoms with Gasteiger partial charge in [0.2, 0.25) is 0 Å². The fourth-order valence-corrected chi connectivity index (χ4v) is 3.20. The van der Waals surface area contributed by atoms with Gasteiger partial charge in [0.25, 0.3) is 10.0 Å². The molecule has 0 aliphatic carbocycles. The number of rotatable bonds is 5. The molecule has 3 rings (SSSR count). The Kier molecular flexibility index (Phi) is 4.49. The average Bonchev–Trinajstić information content (AvgIpc) is 3.17. The molecular formula is C16H19N3O3S. The summed E-state index contributed by atoms with van der Waals surface area (Å²) in [6.07, 6.45) is 5.66. The lowest BCUT2D eigenvalue weighted by Gasteiger charge is -2.06. The zero-order valence-electron chi connectivity index (χ0n) is 12.8. The molecule has 0 radical (unpaired) electrons. The molecule has 1 fully saturated rings. The molecule has 122 valence electrons. The normalized spacial score (nSPS) is 18.6. The van der Waals surface area contributed by atoms with Crippen LogP contribution in [-0.2, 0) is 14.8 Å². The molecule has 0 unspecified atom stereocenters. The van der Waals surface area contributed by atoms with Crippen LogP contribution in [-0.4, -0.2) is 31.4 Å². The lowest BCUT2D eigenvalue weighted by atomic mass is 10.2. The number of hydrogen-bond donors (Lipinski definition) is 1. The highest BCUT2D eigenvalue weighted by molar-refractivity contribution is 7.95. The SMILES string of the molecule is Cc1ccc(/C=C/S(=O)(=O)Nc2cnn([C@@H]3CCOC3)c2)cc1. The van der Waals surface area contributed by atoms with Gasteiger partial charge in [0.05, 0.1) is 29.9 Å². The number of benzene rings is 1. The maximum Gasteiger partial charge on any atom is 0.255 e. The summed E-state index contributed by atoms with van der Waals surface area (Å²) < 4.78 is 33.8. The Hall–Kier alpha value is -2.12. The van der Waals surface area contributed by atoms with Crippen molar-refractivity contribution in [2.24, 2.45) is 0 Å². The molecule has 1 N–H and O–H groups in total. The monoisotopic (exact) mass is 333 g/mol. The highest BCUT2D eigenvalue weighted by Gasteiger charge is 2.18. The summed E-state index contributed by atoms with van der Waals surface area (Å²) in [7, 11) is -3.57. The predicted octanol–water partition coefficient (Wildman–Crippen LogP) is 2.57. The number of nitrogens with zero attached hydrogens (tertiary/aromatic N) is 2. The molecule has 0 spiro atoms. The van der Waals surface area contributed by atoms with Crippen LogP contribution >= 0.6 is 0 Å². The van der Waals surface area contributed by atoms with Gasteiger partial charge in [-0.25, -0.2) is 8.42 Å². The molecule has 1 aromatic heterocycles. The summed E-state index contributed by atoms with van der Waals surface area (Å²) in [5.41, 5.74) is 2.41. The van der Waals surface area contributed by atoms with Crippen molar-refractivity contribution in [2.75, 3.05) is 17.9 Å². The first kappa shape index (κ1) is 15.8. The van der Waals surface area contributed by atoms with Crippen molar-refractivity contribution in [2.45, 2.75) is 19.4 Å². The molecule has 7 heteroatoms. The van der Waals surface area contributed by atoms with Gasteiger partial charge in [-0.15, -0.1) is 0 Å². The van der Waals surface area contributed by atoms with Crippen LogP contribution in [0.5, 0.6) is 0 Å². The largest absolute Gasteiger partial charge is 0.379 e. The Labute approximate surface area is 135 Å². The molecule has 2 heterocycles. The van der Waals surface area contributed by atoms with Crippen LogP contribution in [0.1, 0.15) is 23.6 Å². The van der Waals surface area contributed by atoms with Gasteiger partial charge in [0, 0.05) is 12.8 Å². The molecule has 1 aliphatic heterocycles. The first-order valence-corrected chi connectivity index (χ1v) is 8.96. The van der Waals surface area contributed by atoms with E-state index in [0.29, 0.717) is 18.9 Å². The van der Waals surface area contributed by atoms with Crippen molar-refractivity contribution in [1.29, 1.82) is 0 Å². The van der Waals surface area contributed by atoms with E-state index in [1.165, 1.54) is 6.20 Å². The molecule has 6 nitrogen and oxygen atoms in total. The third-order valence-corrected chi connectivity index (χ3v) is 4.67. The number of anilines is 1. The summed E-state index contributed by atoms with van der Waals surface area (Å²) in [5.74, 6) is 0. The van der Waals surface area contributed by atoms with Gasteiger partial charge in [0.1, 0.15) is 0 Å². The second-order valence-corrected chi connectivity index (χ2v) is 7.15. The zero-order chi connectivity index (χ0) is 16.3. The summed E-state index contributed by atoms with van der Waals surface area (Å²) in [5, 5.41) is 5.36. The Bertz CT molecular complexity index is 788. The van der Waals surface area contributed by atoms with E-state index in [2.05, 4.69) is 9.82 Å². The molecule has 2 aromatic rings. The Morgan fingerprint density at radius 2 is 2.13 bits per heavy atom. The molecule has 1 aliphatic rings. The summed E-state index contributed by atoms with van der Waals surface area (Å²) in [6.45, 7) is 3.31. The quantitative estimate of drug-likeness (QED) is 0.913. The minimum atomic E-state index is -3.57. The number of ether oxygens (including phenoxy) is 1. The summed E-state index contributed by atoms with van der Waals surface area (Å²) >= 11 is 0. The summed E-state index contributed by atoms with van der Waals surface area (Å²) in [6, 6.07) is 7.80. The van der Waals surface area contributed by atoms with Crippen LogP contribution in [0.2, 0.25) is 0 Å². The van der Waals surface area contributed by atoms with Gasteiger partial charge in [-0.2, -0.15) is 5.10 Å². The molecule has 1 saturated heterocycles. The fourth-order valence-electron chi connectivity index (χ4n) is 2.37. The van der Waals surface area contributed by atoms with Crippen LogP contribution < -0.4 is 4.72 Å². The van der Waals surface area contributed by atoms with E-state index in [9.17, 15) is 8.42 Å². The van der Waals surface area contributed by atoms with E-state index in [1.807, 2.05) is 31.2 Å². The Balaban J connectivity index is 1.67. The van der Waals surface area contributed by atoms with Crippen molar-refractivity contribution in [3.8, 4) is 0 Å². The van der Waals surface area contributed by atoms with Crippen molar-refractivity contribution in [3.63, 3.8) is 0 Å². The molecule has 0 saturated carbocycles. The third kappa shape index (κ3) is 4.20. The highest BCUT2D eigenvalue weighted by atomic mass is 32.2. The van der Waals surface area contributed by atoms with Gasteiger partial charge < -0.3 is 4.74 Å². The van der Waals surface area contributed by atoms with E-state index in [0.717, 1.165) is 23.0 Å². The molecule has 1 atom stereocenters. The third-order valence-electron chi connectivity index (χ3n) is 3.66. The number of aryl methyl sites for hydroxylation is 1. The average molecular weight is 333 g/mol. The second kappa shape index (κ2) is 6.55. The fraction of sp³-hybridized carbons (Fsp3) is 0.312. The van der Waals surface area contributed by atoms with Crippen LogP contribution in [0.4, 0.5) is 5.69 Å². The van der Waals surface area contributed by atoms with Crippen molar-refractivity contribution in [3.05, 3.63) is 53.2 Å². The van der Waals surface area contributed by atoms with E-state index >= 15 is 0 Å². The van der Waals surface area contributed by atoms with Crippen LogP contribution in [0.25, 0.3) is 6.08 Å². The molecule has 0 amide bonds. The van der Waals surface area contributed by atoms with Crippen molar-refractivity contribution >= 4 is 21.8 Å². The minimum Gasteiger partial charge on any atom is -0.379 e. The molecule has 0 bridgehead atoms. The highest BCUT2D eigenvalue weighted by Crippen LogP contribution is 2.20. The number of hydrogen-bond acceptors (Lipinski definition) is 4.